The summed E-state index contributed by atoms with van der Waals surface area (Å²) in [6, 6.07) is 7.65. The third-order valence-electron chi connectivity index (χ3n) is 2.58. The van der Waals surface area contributed by atoms with Crippen molar-refractivity contribution in [1.82, 2.24) is 4.90 Å². The largest absolute Gasteiger partial charge is 0.482 e. The van der Waals surface area contributed by atoms with Crippen LogP contribution in [0.15, 0.2) is 24.3 Å². The molecule has 0 saturated heterocycles. The molecule has 1 aromatic rings. The lowest BCUT2D eigenvalue weighted by molar-refractivity contribution is -0.121. The van der Waals surface area contributed by atoms with Crippen LogP contribution in [-0.4, -0.2) is 44.6 Å². The van der Waals surface area contributed by atoms with Crippen LogP contribution in [0.5, 0.6) is 5.75 Å². The number of anilines is 1. The maximum atomic E-state index is 11.8. The lowest BCUT2D eigenvalue weighted by atomic mass is 10.2. The van der Waals surface area contributed by atoms with E-state index in [4.69, 9.17) is 4.74 Å². The van der Waals surface area contributed by atoms with Crippen molar-refractivity contribution in [2.24, 2.45) is 0 Å². The summed E-state index contributed by atoms with van der Waals surface area (Å²) in [5, 5.41) is 0. The second-order valence-corrected chi connectivity index (χ2v) is 4.11. The Balaban J connectivity index is 2.19. The molecule has 1 heterocycles. The third kappa shape index (κ3) is 2.17. The van der Waals surface area contributed by atoms with E-state index in [9.17, 15) is 4.79 Å². The number of hydrogen-bond acceptors (Lipinski definition) is 3. The number of fused-ring (bicyclic) bond motifs is 1. The summed E-state index contributed by atoms with van der Waals surface area (Å²) in [7, 11) is 3.99. The summed E-state index contributed by atoms with van der Waals surface area (Å²) in [4.78, 5) is 15.6. The maximum absolute atomic E-state index is 11.8. The number of likely N-dealkylation sites (N-methyl/N-ethyl adjacent to an activating group) is 1. The quantitative estimate of drug-likeness (QED) is 0.761. The molecular weight excluding hydrogens is 204 g/mol. The van der Waals surface area contributed by atoms with E-state index in [1.54, 1.807) is 4.90 Å². The van der Waals surface area contributed by atoms with Gasteiger partial charge in [0.15, 0.2) is 6.61 Å². The Morgan fingerprint density at radius 1 is 1.38 bits per heavy atom. The molecule has 4 nitrogen and oxygen atoms in total. The third-order valence-corrected chi connectivity index (χ3v) is 2.58. The van der Waals surface area contributed by atoms with Crippen molar-refractivity contribution >= 4 is 11.6 Å². The molecule has 0 saturated carbocycles. The number of rotatable bonds is 3. The average molecular weight is 220 g/mol. The van der Waals surface area contributed by atoms with Crippen molar-refractivity contribution in [3.05, 3.63) is 24.3 Å². The predicted octanol–water partition coefficient (Wildman–Crippen LogP) is 0.974. The number of benzene rings is 1. The molecule has 1 aliphatic heterocycles. The molecule has 0 aliphatic carbocycles. The van der Waals surface area contributed by atoms with Crippen LogP contribution in [-0.2, 0) is 4.79 Å². The van der Waals surface area contributed by atoms with Crippen molar-refractivity contribution in [2.75, 3.05) is 38.7 Å². The molecule has 0 bridgehead atoms. The summed E-state index contributed by atoms with van der Waals surface area (Å²) in [6.45, 7) is 1.69. The van der Waals surface area contributed by atoms with Gasteiger partial charge in [0, 0.05) is 13.1 Å². The maximum Gasteiger partial charge on any atom is 0.265 e. The molecule has 1 aliphatic rings. The molecule has 2 rings (SSSR count). The molecule has 0 atom stereocenters. The summed E-state index contributed by atoms with van der Waals surface area (Å²) >= 11 is 0. The Labute approximate surface area is 95.4 Å². The van der Waals surface area contributed by atoms with Gasteiger partial charge in [-0.1, -0.05) is 12.1 Å². The predicted molar refractivity (Wildman–Crippen MR) is 62.8 cm³/mol. The lowest BCUT2D eigenvalue weighted by Gasteiger charge is -2.30. The standard InChI is InChI=1S/C12H16N2O2/c1-13(2)7-8-14-10-5-3-4-6-11(10)16-9-12(14)15/h3-6H,7-9H2,1-2H3. The van der Waals surface area contributed by atoms with Crippen molar-refractivity contribution in [1.29, 1.82) is 0 Å². The van der Waals surface area contributed by atoms with Gasteiger partial charge in [0.25, 0.3) is 5.91 Å². The van der Waals surface area contributed by atoms with Gasteiger partial charge in [-0.15, -0.1) is 0 Å². The van der Waals surface area contributed by atoms with Crippen LogP contribution in [0, 0.1) is 0 Å². The summed E-state index contributed by atoms with van der Waals surface area (Å²) in [5.41, 5.74) is 0.876. The molecule has 0 fully saturated rings. The minimum absolute atomic E-state index is 0.0283. The molecule has 0 unspecified atom stereocenters. The SMILES string of the molecule is CN(C)CCN1C(=O)COc2ccccc21. The fourth-order valence-corrected chi connectivity index (χ4v) is 1.70. The monoisotopic (exact) mass is 220 g/mol. The van der Waals surface area contributed by atoms with Crippen LogP contribution in [0.2, 0.25) is 0 Å². The molecule has 4 heteroatoms. The average Bonchev–Trinajstić information content (AvgIpc) is 2.27. The molecule has 86 valence electrons. The number of amides is 1. The smallest absolute Gasteiger partial charge is 0.265 e. The Bertz CT molecular complexity index is 390. The fourth-order valence-electron chi connectivity index (χ4n) is 1.70. The topological polar surface area (TPSA) is 32.8 Å². The van der Waals surface area contributed by atoms with Gasteiger partial charge in [0.2, 0.25) is 0 Å². The first kappa shape index (κ1) is 11.0. The van der Waals surface area contributed by atoms with E-state index < -0.39 is 0 Å². The lowest BCUT2D eigenvalue weighted by Crippen LogP contribution is -2.42. The number of para-hydroxylation sites is 2. The number of ether oxygens (including phenoxy) is 1. The highest BCUT2D eigenvalue weighted by atomic mass is 16.5. The summed E-state index contributed by atoms with van der Waals surface area (Å²) in [5.74, 6) is 0.821. The van der Waals surface area contributed by atoms with Crippen molar-refractivity contribution in [3.63, 3.8) is 0 Å². The van der Waals surface area contributed by atoms with Crippen LogP contribution in [0.3, 0.4) is 0 Å². The van der Waals surface area contributed by atoms with Gasteiger partial charge in [-0.2, -0.15) is 0 Å². The van der Waals surface area contributed by atoms with Crippen LogP contribution in [0.1, 0.15) is 0 Å². The number of nitrogens with zero attached hydrogens (tertiary/aromatic N) is 2. The van der Waals surface area contributed by atoms with Crippen LogP contribution >= 0.6 is 0 Å². The first-order valence-electron chi connectivity index (χ1n) is 5.35. The minimum Gasteiger partial charge on any atom is -0.482 e. The van der Waals surface area contributed by atoms with Gasteiger partial charge in [0.1, 0.15) is 5.75 Å². The van der Waals surface area contributed by atoms with Crippen molar-refractivity contribution in [3.8, 4) is 5.75 Å². The molecule has 0 radical (unpaired) electrons. The second-order valence-electron chi connectivity index (χ2n) is 4.11. The molecule has 0 aromatic heterocycles. The molecule has 1 amide bonds. The first-order valence-corrected chi connectivity index (χ1v) is 5.35. The van der Waals surface area contributed by atoms with Gasteiger partial charge in [-0.3, -0.25) is 4.79 Å². The first-order chi connectivity index (χ1) is 7.68. The Morgan fingerprint density at radius 3 is 2.88 bits per heavy atom. The Kier molecular flexibility index (Phi) is 3.10. The molecular formula is C12H16N2O2. The molecule has 0 spiro atoms. The highest BCUT2D eigenvalue weighted by Crippen LogP contribution is 2.30. The molecule has 16 heavy (non-hydrogen) atoms. The van der Waals surface area contributed by atoms with Gasteiger partial charge in [-0.05, 0) is 26.2 Å². The van der Waals surface area contributed by atoms with Crippen LogP contribution < -0.4 is 9.64 Å². The van der Waals surface area contributed by atoms with E-state index in [1.165, 1.54) is 0 Å². The highest BCUT2D eigenvalue weighted by molar-refractivity contribution is 5.97. The van der Waals surface area contributed by atoms with E-state index in [2.05, 4.69) is 4.90 Å². The zero-order valence-corrected chi connectivity index (χ0v) is 9.64. The van der Waals surface area contributed by atoms with E-state index in [0.29, 0.717) is 6.54 Å². The van der Waals surface area contributed by atoms with Gasteiger partial charge in [0.05, 0.1) is 5.69 Å². The second kappa shape index (κ2) is 4.53. The zero-order valence-electron chi connectivity index (χ0n) is 9.64. The summed E-state index contributed by atoms with van der Waals surface area (Å²) in [6.07, 6.45) is 0. The summed E-state index contributed by atoms with van der Waals surface area (Å²) < 4.78 is 5.37. The van der Waals surface area contributed by atoms with Gasteiger partial charge < -0.3 is 14.5 Å². The highest BCUT2D eigenvalue weighted by Gasteiger charge is 2.24. The molecule has 1 aromatic carbocycles. The normalized spacial score (nSPS) is 14.9. The van der Waals surface area contributed by atoms with Gasteiger partial charge in [-0.25, -0.2) is 0 Å². The van der Waals surface area contributed by atoms with E-state index in [1.807, 2.05) is 38.4 Å². The Hall–Kier alpha value is -1.55. The van der Waals surface area contributed by atoms with Crippen molar-refractivity contribution in [2.45, 2.75) is 0 Å². The van der Waals surface area contributed by atoms with E-state index in [-0.39, 0.29) is 12.5 Å². The number of carbonyl (C=O) groups excluding carboxylic acids is 1. The van der Waals surface area contributed by atoms with Crippen LogP contribution in [0.4, 0.5) is 5.69 Å². The van der Waals surface area contributed by atoms with E-state index in [0.717, 1.165) is 18.0 Å². The van der Waals surface area contributed by atoms with Crippen LogP contribution in [0.25, 0.3) is 0 Å². The minimum atomic E-state index is 0.0283. The number of hydrogen-bond donors (Lipinski definition) is 0. The van der Waals surface area contributed by atoms with Crippen molar-refractivity contribution < 1.29 is 9.53 Å². The van der Waals surface area contributed by atoms with E-state index >= 15 is 0 Å². The fraction of sp³-hybridized carbons (Fsp3) is 0.417. The number of carbonyl (C=O) groups is 1. The van der Waals surface area contributed by atoms with Gasteiger partial charge >= 0.3 is 0 Å². The Morgan fingerprint density at radius 2 is 2.12 bits per heavy atom. The zero-order chi connectivity index (χ0) is 11.5. The molecule has 0 N–H and O–H groups in total.